The summed E-state index contributed by atoms with van der Waals surface area (Å²) in [5.41, 5.74) is 0. The molecule has 0 rings (SSSR count). The van der Waals surface area contributed by atoms with Crippen LogP contribution in [0, 0.1) is 0 Å². The van der Waals surface area contributed by atoms with Crippen LogP contribution in [0.4, 0.5) is 0 Å². The number of aliphatic carboxylic acids is 1. The van der Waals surface area contributed by atoms with E-state index in [2.05, 4.69) is 11.5 Å². The van der Waals surface area contributed by atoms with Gasteiger partial charge in [-0.05, 0) is 0 Å². The molecule has 2 nitrogen and oxygen atoms in total. The maximum absolute atomic E-state index is 9.37. The van der Waals surface area contributed by atoms with Gasteiger partial charge in [0, 0.05) is 6.42 Å². The number of carboxylic acids is 1. The van der Waals surface area contributed by atoms with Crippen molar-refractivity contribution in [2.75, 3.05) is 0 Å². The second kappa shape index (κ2) is 10.0. The van der Waals surface area contributed by atoms with Crippen molar-refractivity contribution in [2.45, 2.75) is 13.3 Å². The van der Waals surface area contributed by atoms with Crippen molar-refractivity contribution in [3.8, 4) is 0 Å². The van der Waals surface area contributed by atoms with Crippen LogP contribution in [-0.4, -0.2) is 36.5 Å². The van der Waals surface area contributed by atoms with Crippen molar-refractivity contribution in [1.29, 1.82) is 0 Å². The predicted molar refractivity (Wildman–Crippen MR) is 32.6 cm³/mol. The quantitative estimate of drug-likeness (QED) is 0.605. The molecule has 38 valence electrons. The molecule has 0 aliphatic carbocycles. The predicted octanol–water partition coefficient (Wildman–Crippen LogP) is 0.946. The maximum atomic E-state index is 9.37. The van der Waals surface area contributed by atoms with E-state index in [9.17, 15) is 4.79 Å². The summed E-state index contributed by atoms with van der Waals surface area (Å²) in [6.07, 6.45) is 0.222. The van der Waals surface area contributed by atoms with Crippen molar-refractivity contribution in [1.82, 2.24) is 0 Å². The third kappa shape index (κ3) is 19.6. The Morgan fingerprint density at radius 2 is 2.00 bits per heavy atom. The standard InChI is InChI=1S/C3H6O2.BrH.Na/c1-2-3(4)5;;/h2H2,1H3,(H,4,5);1H;/q;;+1/p-1. The summed E-state index contributed by atoms with van der Waals surface area (Å²) in [6.45, 7) is 1.60. The van der Waals surface area contributed by atoms with Gasteiger partial charge in [-0.15, -0.1) is 0 Å². The molecule has 0 amide bonds. The van der Waals surface area contributed by atoms with Crippen LogP contribution in [0.1, 0.15) is 13.3 Å². The molecular formula is C3H6BrNaO2. The molecule has 0 aromatic heterocycles. The van der Waals surface area contributed by atoms with E-state index in [1.807, 2.05) is 0 Å². The van der Waals surface area contributed by atoms with Crippen molar-refractivity contribution < 1.29 is 9.90 Å². The molecular weight excluding hydrogens is 171 g/mol. The van der Waals surface area contributed by atoms with Gasteiger partial charge in [-0.1, -0.05) is 6.92 Å². The van der Waals surface area contributed by atoms with Crippen LogP contribution in [0.15, 0.2) is 0 Å². The number of rotatable bonds is 1. The Balaban J connectivity index is 0. The Morgan fingerprint density at radius 1 is 1.86 bits per heavy atom. The van der Waals surface area contributed by atoms with E-state index < -0.39 is 5.97 Å². The molecule has 0 radical (unpaired) electrons. The first-order valence-electron chi connectivity index (χ1n) is 1.87. The minimum atomic E-state index is -0.745. The fourth-order valence-electron chi connectivity index (χ4n) is 0. The van der Waals surface area contributed by atoms with Crippen LogP contribution >= 0.6 is 11.5 Å². The summed E-state index contributed by atoms with van der Waals surface area (Å²) < 4.78 is 0. The molecule has 7 heavy (non-hydrogen) atoms. The van der Waals surface area contributed by atoms with Crippen LogP contribution in [0.3, 0.4) is 0 Å². The van der Waals surface area contributed by atoms with Crippen molar-refractivity contribution in [3.63, 3.8) is 0 Å². The molecule has 1 N–H and O–H groups in total. The van der Waals surface area contributed by atoms with Crippen LogP contribution in [0.25, 0.3) is 0 Å². The average Bonchev–Trinajstić information content (AvgIpc) is 1.73. The van der Waals surface area contributed by atoms with Crippen molar-refractivity contribution >= 4 is 42.9 Å². The summed E-state index contributed by atoms with van der Waals surface area (Å²) >= 11 is 4.19. The molecule has 0 saturated heterocycles. The van der Waals surface area contributed by atoms with E-state index >= 15 is 0 Å². The third-order valence-electron chi connectivity index (χ3n) is 0.302. The van der Waals surface area contributed by atoms with Gasteiger partial charge in [0.15, 0.2) is 0 Å². The zero-order valence-electron chi connectivity index (χ0n) is 4.44. The van der Waals surface area contributed by atoms with Gasteiger partial charge in [-0.25, -0.2) is 0 Å². The molecule has 0 unspecified atom stereocenters. The molecule has 0 fully saturated rings. The zero-order valence-corrected chi connectivity index (χ0v) is 8.03. The zero-order chi connectivity index (χ0) is 6.28. The molecule has 0 saturated carbocycles. The fraction of sp³-hybridized carbons (Fsp3) is 0.667. The molecule has 0 aromatic rings. The van der Waals surface area contributed by atoms with Crippen molar-refractivity contribution in [2.24, 2.45) is 0 Å². The third-order valence-corrected chi connectivity index (χ3v) is 0.302. The van der Waals surface area contributed by atoms with Gasteiger partial charge in [-0.3, -0.25) is 4.79 Å². The van der Waals surface area contributed by atoms with Gasteiger partial charge in [0.1, 0.15) is 0 Å². The van der Waals surface area contributed by atoms with Gasteiger partial charge < -0.3 is 5.11 Å². The molecule has 0 bridgehead atoms. The topological polar surface area (TPSA) is 37.3 Å². The Kier molecular flexibility index (Phi) is 15.6. The number of carboxylic acid groups (broad SMARTS) is 1. The number of carbonyl (C=O) groups is 1. The first kappa shape index (κ1) is 10.8. The second-order valence-electron chi connectivity index (χ2n) is 0.747. The summed E-state index contributed by atoms with van der Waals surface area (Å²) in [6, 6.07) is 0. The van der Waals surface area contributed by atoms with E-state index in [4.69, 9.17) is 5.11 Å². The Morgan fingerprint density at radius 3 is 2.00 bits per heavy atom. The Bertz CT molecular complexity index is 48.2. The molecule has 0 heterocycles. The second-order valence-corrected chi connectivity index (χ2v) is 0.747. The van der Waals surface area contributed by atoms with Gasteiger partial charge in [-0.2, -0.15) is 0 Å². The molecule has 4 heteroatoms. The van der Waals surface area contributed by atoms with Crippen LogP contribution in [0.2, 0.25) is 0 Å². The molecule has 0 atom stereocenters. The summed E-state index contributed by atoms with van der Waals surface area (Å²) in [5.74, 6) is -0.745. The molecule has 0 aliphatic heterocycles. The van der Waals surface area contributed by atoms with Crippen LogP contribution in [-0.2, 0) is 4.79 Å². The minimum absolute atomic E-state index is 0.222. The van der Waals surface area contributed by atoms with E-state index in [0.29, 0.717) is 0 Å². The summed E-state index contributed by atoms with van der Waals surface area (Å²) in [4.78, 5) is 9.37. The van der Waals surface area contributed by atoms with Gasteiger partial charge in [0.25, 0.3) is 0 Å². The Hall–Kier alpha value is 0.950. The molecule has 0 aliphatic rings. The van der Waals surface area contributed by atoms with E-state index in [-0.39, 0.29) is 6.42 Å². The van der Waals surface area contributed by atoms with Crippen molar-refractivity contribution in [3.05, 3.63) is 0 Å². The number of hydrogen-bond acceptors (Lipinski definition) is 1. The first-order chi connectivity index (χ1) is 3.27. The van der Waals surface area contributed by atoms with Gasteiger partial charge in [0.05, 0.1) is 0 Å². The SMILES string of the molecule is CCC(=O)O.[Na][Br]. The fourth-order valence-corrected chi connectivity index (χ4v) is 0. The average molecular weight is 177 g/mol. The van der Waals surface area contributed by atoms with Crippen LogP contribution in [0.5, 0.6) is 0 Å². The monoisotopic (exact) mass is 176 g/mol. The van der Waals surface area contributed by atoms with Gasteiger partial charge >= 0.3 is 42.9 Å². The van der Waals surface area contributed by atoms with Gasteiger partial charge in [0.2, 0.25) is 0 Å². The molecule has 0 aromatic carbocycles. The Labute approximate surface area is 65.7 Å². The van der Waals surface area contributed by atoms with Crippen LogP contribution < -0.4 is 0 Å². The van der Waals surface area contributed by atoms with E-state index in [1.165, 1.54) is 0 Å². The van der Waals surface area contributed by atoms with E-state index in [1.54, 1.807) is 6.92 Å². The molecule has 0 spiro atoms. The summed E-state index contributed by atoms with van der Waals surface area (Å²) in [7, 11) is 0. The normalized spacial score (nSPS) is 6.29. The first-order valence-corrected chi connectivity index (χ1v) is 7.38. The van der Waals surface area contributed by atoms with E-state index in [0.717, 1.165) is 25.4 Å². The number of hydrogen-bond donors (Lipinski definition) is 1. The number of halogens is 1. The summed E-state index contributed by atoms with van der Waals surface area (Å²) in [5, 5.41) is 7.72.